The maximum atomic E-state index is 11.0. The van der Waals surface area contributed by atoms with Crippen molar-refractivity contribution in [3.63, 3.8) is 0 Å². The van der Waals surface area contributed by atoms with Gasteiger partial charge < -0.3 is 10.2 Å². The average Bonchev–Trinajstić information content (AvgIpc) is 2.00. The fourth-order valence-corrected chi connectivity index (χ4v) is 0.494. The van der Waals surface area contributed by atoms with Crippen molar-refractivity contribution in [3.05, 3.63) is 0 Å². The number of urea groups is 1. The molecule has 0 unspecified atom stereocenters. The van der Waals surface area contributed by atoms with E-state index in [1.165, 1.54) is 4.90 Å². The van der Waals surface area contributed by atoms with Crippen LogP contribution < -0.4 is 5.32 Å². The van der Waals surface area contributed by atoms with Gasteiger partial charge in [0.15, 0.2) is 0 Å². The molecular weight excluding hydrogens is 154 g/mol. The summed E-state index contributed by atoms with van der Waals surface area (Å²) in [7, 11) is 3.32. The molecule has 0 radical (unpaired) electrons. The Labute approximate surface area is 73.2 Å². The highest BCUT2D eigenvalue weighted by atomic mass is 16.2. The van der Waals surface area contributed by atoms with Gasteiger partial charge in [-0.15, -0.1) is 0 Å². The van der Waals surface area contributed by atoms with Gasteiger partial charge in [0.2, 0.25) is 0 Å². The Balaban J connectivity index is 3.86. The molecule has 0 saturated carbocycles. The summed E-state index contributed by atoms with van der Waals surface area (Å²) in [6.45, 7) is 3.94. The van der Waals surface area contributed by atoms with Gasteiger partial charge in [0.05, 0.1) is 11.5 Å². The summed E-state index contributed by atoms with van der Waals surface area (Å²) < 4.78 is 0. The lowest BCUT2D eigenvalue weighted by Crippen LogP contribution is -2.39. The topological polar surface area (TPSA) is 56.1 Å². The van der Waals surface area contributed by atoms with Crippen molar-refractivity contribution >= 4 is 6.03 Å². The summed E-state index contributed by atoms with van der Waals surface area (Å²) in [5, 5.41) is 11.3. The number of amides is 2. The van der Waals surface area contributed by atoms with Gasteiger partial charge in [0.25, 0.3) is 0 Å². The van der Waals surface area contributed by atoms with Crippen LogP contribution in [0.3, 0.4) is 0 Å². The second-order valence-corrected chi connectivity index (χ2v) is 3.55. The van der Waals surface area contributed by atoms with E-state index in [4.69, 9.17) is 5.26 Å². The Morgan fingerprint density at radius 2 is 2.08 bits per heavy atom. The minimum absolute atomic E-state index is 0.168. The number of hydrogen-bond donors (Lipinski definition) is 1. The zero-order chi connectivity index (χ0) is 9.78. The molecule has 1 N–H and O–H groups in total. The lowest BCUT2D eigenvalue weighted by Gasteiger charge is -2.18. The van der Waals surface area contributed by atoms with Crippen LogP contribution in [0.5, 0.6) is 0 Å². The van der Waals surface area contributed by atoms with Crippen LogP contribution in [-0.4, -0.2) is 31.6 Å². The van der Waals surface area contributed by atoms with E-state index in [1.54, 1.807) is 27.9 Å². The maximum absolute atomic E-state index is 11.0. The molecule has 0 aromatic carbocycles. The number of rotatable bonds is 2. The fourth-order valence-electron chi connectivity index (χ4n) is 0.494. The summed E-state index contributed by atoms with van der Waals surface area (Å²) in [5.74, 6) is 0. The molecule has 0 heterocycles. The monoisotopic (exact) mass is 169 g/mol. The zero-order valence-corrected chi connectivity index (χ0v) is 8.01. The number of hydrogen-bond acceptors (Lipinski definition) is 2. The van der Waals surface area contributed by atoms with Gasteiger partial charge >= 0.3 is 6.03 Å². The number of nitrogens with one attached hydrogen (secondary N) is 1. The van der Waals surface area contributed by atoms with E-state index in [1.807, 2.05) is 0 Å². The van der Waals surface area contributed by atoms with Crippen LogP contribution in [0.1, 0.15) is 13.8 Å². The Hall–Kier alpha value is -1.24. The van der Waals surface area contributed by atoms with E-state index in [0.29, 0.717) is 6.54 Å². The second-order valence-electron chi connectivity index (χ2n) is 3.55. The SMILES string of the molecule is CN(C)C(=O)NCC(C)(C)C#N. The lowest BCUT2D eigenvalue weighted by atomic mass is 9.96. The van der Waals surface area contributed by atoms with E-state index in [0.717, 1.165) is 0 Å². The first-order valence-electron chi connectivity index (χ1n) is 3.75. The standard InChI is InChI=1S/C8H15N3O/c1-8(2,5-9)6-10-7(12)11(3)4/h6H2,1-4H3,(H,10,12). The van der Waals surface area contributed by atoms with Gasteiger partial charge in [-0.3, -0.25) is 0 Å². The fraction of sp³-hybridized carbons (Fsp3) is 0.750. The highest BCUT2D eigenvalue weighted by Crippen LogP contribution is 2.10. The summed E-state index contributed by atoms with van der Waals surface area (Å²) in [6.07, 6.45) is 0. The third-order valence-electron chi connectivity index (χ3n) is 1.39. The molecular formula is C8H15N3O. The summed E-state index contributed by atoms with van der Waals surface area (Å²) in [4.78, 5) is 12.4. The predicted octanol–water partition coefficient (Wildman–Crippen LogP) is 0.807. The first kappa shape index (κ1) is 10.8. The van der Waals surface area contributed by atoms with Crippen molar-refractivity contribution in [2.24, 2.45) is 5.41 Å². The summed E-state index contributed by atoms with van der Waals surface area (Å²) in [6, 6.07) is 1.93. The Kier molecular flexibility index (Phi) is 3.55. The molecule has 0 atom stereocenters. The van der Waals surface area contributed by atoms with Gasteiger partial charge in [-0.25, -0.2) is 4.79 Å². The third kappa shape index (κ3) is 3.81. The average molecular weight is 169 g/mol. The van der Waals surface area contributed by atoms with Crippen LogP contribution in [-0.2, 0) is 0 Å². The molecule has 0 saturated heterocycles. The Morgan fingerprint density at radius 3 is 2.42 bits per heavy atom. The largest absolute Gasteiger partial charge is 0.336 e. The van der Waals surface area contributed by atoms with Crippen LogP contribution in [0, 0.1) is 16.7 Å². The van der Waals surface area contributed by atoms with E-state index < -0.39 is 5.41 Å². The molecule has 0 bridgehead atoms. The van der Waals surface area contributed by atoms with Crippen molar-refractivity contribution in [2.45, 2.75) is 13.8 Å². The normalized spacial score (nSPS) is 10.2. The Bertz CT molecular complexity index is 203. The van der Waals surface area contributed by atoms with Crippen molar-refractivity contribution in [1.29, 1.82) is 5.26 Å². The van der Waals surface area contributed by atoms with Gasteiger partial charge in [-0.2, -0.15) is 5.26 Å². The minimum Gasteiger partial charge on any atom is -0.336 e. The molecule has 0 aliphatic carbocycles. The van der Waals surface area contributed by atoms with E-state index >= 15 is 0 Å². The van der Waals surface area contributed by atoms with Crippen molar-refractivity contribution in [3.8, 4) is 6.07 Å². The van der Waals surface area contributed by atoms with Crippen molar-refractivity contribution in [1.82, 2.24) is 10.2 Å². The molecule has 0 aliphatic heterocycles. The Morgan fingerprint density at radius 1 is 1.58 bits per heavy atom. The molecule has 0 rings (SSSR count). The lowest BCUT2D eigenvalue weighted by molar-refractivity contribution is 0.214. The molecule has 0 fully saturated rings. The van der Waals surface area contributed by atoms with Crippen LogP contribution in [0.15, 0.2) is 0 Å². The molecule has 4 nitrogen and oxygen atoms in total. The van der Waals surface area contributed by atoms with Crippen molar-refractivity contribution < 1.29 is 4.79 Å². The second kappa shape index (κ2) is 3.96. The first-order chi connectivity index (χ1) is 5.39. The molecule has 0 aromatic heterocycles. The minimum atomic E-state index is -0.494. The molecule has 0 spiro atoms. The van der Waals surface area contributed by atoms with Crippen LogP contribution >= 0.6 is 0 Å². The van der Waals surface area contributed by atoms with Gasteiger partial charge in [-0.05, 0) is 13.8 Å². The number of nitriles is 1. The van der Waals surface area contributed by atoms with Gasteiger partial charge in [0.1, 0.15) is 0 Å². The van der Waals surface area contributed by atoms with Crippen LogP contribution in [0.2, 0.25) is 0 Å². The highest BCUT2D eigenvalue weighted by molar-refractivity contribution is 5.73. The zero-order valence-electron chi connectivity index (χ0n) is 8.01. The molecule has 68 valence electrons. The maximum Gasteiger partial charge on any atom is 0.316 e. The van der Waals surface area contributed by atoms with E-state index in [2.05, 4.69) is 11.4 Å². The van der Waals surface area contributed by atoms with Crippen molar-refractivity contribution in [2.75, 3.05) is 20.6 Å². The van der Waals surface area contributed by atoms with Gasteiger partial charge in [0, 0.05) is 20.6 Å². The summed E-state index contributed by atoms with van der Waals surface area (Å²) >= 11 is 0. The smallest absolute Gasteiger partial charge is 0.316 e. The van der Waals surface area contributed by atoms with E-state index in [9.17, 15) is 4.79 Å². The van der Waals surface area contributed by atoms with Crippen LogP contribution in [0.25, 0.3) is 0 Å². The van der Waals surface area contributed by atoms with Crippen LogP contribution in [0.4, 0.5) is 4.79 Å². The number of carbonyl (C=O) groups excluding carboxylic acids is 1. The number of carbonyl (C=O) groups is 1. The van der Waals surface area contributed by atoms with Gasteiger partial charge in [-0.1, -0.05) is 0 Å². The first-order valence-corrected chi connectivity index (χ1v) is 3.75. The summed E-state index contributed by atoms with van der Waals surface area (Å²) in [5.41, 5.74) is -0.494. The molecule has 2 amide bonds. The third-order valence-corrected chi connectivity index (χ3v) is 1.39. The van der Waals surface area contributed by atoms with E-state index in [-0.39, 0.29) is 6.03 Å². The molecule has 4 heteroatoms. The molecule has 0 aromatic rings. The quantitative estimate of drug-likeness (QED) is 0.665. The molecule has 12 heavy (non-hydrogen) atoms. The highest BCUT2D eigenvalue weighted by Gasteiger charge is 2.17. The predicted molar refractivity (Wildman–Crippen MR) is 46.5 cm³/mol. The number of nitrogens with zero attached hydrogens (tertiary/aromatic N) is 2. The molecule has 0 aliphatic rings.